The first-order chi connectivity index (χ1) is 7.17. The average Bonchev–Trinajstić information content (AvgIpc) is 2.17. The van der Waals surface area contributed by atoms with Crippen molar-refractivity contribution in [2.24, 2.45) is 0 Å². The molecular formula is C10H18N4O. The molecule has 5 heteroatoms. The molecule has 1 aromatic rings. The first-order valence-electron chi connectivity index (χ1n) is 5.14. The lowest BCUT2D eigenvalue weighted by Crippen LogP contribution is -2.26. The molecule has 1 rings (SSSR count). The maximum atomic E-state index is 8.78. The summed E-state index contributed by atoms with van der Waals surface area (Å²) in [4.78, 5) is 10.3. The normalized spacial score (nSPS) is 10.3. The molecule has 0 bridgehead atoms. The summed E-state index contributed by atoms with van der Waals surface area (Å²) in [5.74, 6) is 1.13. The van der Waals surface area contributed by atoms with Crippen LogP contribution in [-0.4, -0.2) is 34.8 Å². The van der Waals surface area contributed by atoms with Crippen molar-refractivity contribution in [3.8, 4) is 0 Å². The lowest BCUT2D eigenvalue weighted by Gasteiger charge is -2.21. The van der Waals surface area contributed by atoms with Gasteiger partial charge in [-0.1, -0.05) is 0 Å². The summed E-state index contributed by atoms with van der Waals surface area (Å²) >= 11 is 0. The van der Waals surface area contributed by atoms with Gasteiger partial charge in [-0.15, -0.1) is 0 Å². The van der Waals surface area contributed by atoms with Crippen LogP contribution in [0.2, 0.25) is 0 Å². The van der Waals surface area contributed by atoms with Crippen LogP contribution in [0.4, 0.5) is 11.8 Å². The summed E-state index contributed by atoms with van der Waals surface area (Å²) in [6.45, 7) is 5.75. The van der Waals surface area contributed by atoms with E-state index in [1.54, 1.807) is 0 Å². The Bertz CT molecular complexity index is 296. The van der Waals surface area contributed by atoms with Gasteiger partial charge in [-0.3, -0.25) is 0 Å². The van der Waals surface area contributed by atoms with E-state index in [9.17, 15) is 0 Å². The number of hydrogen-bond acceptors (Lipinski definition) is 5. The number of rotatable bonds is 5. The minimum atomic E-state index is 0.191. The molecule has 1 aromatic heterocycles. The van der Waals surface area contributed by atoms with Crippen molar-refractivity contribution in [1.82, 2.24) is 9.97 Å². The van der Waals surface area contributed by atoms with Crippen molar-refractivity contribution in [3.05, 3.63) is 11.8 Å². The Morgan fingerprint density at radius 3 is 2.73 bits per heavy atom. The molecule has 1 heterocycles. The minimum Gasteiger partial charge on any atom is -0.396 e. The summed E-state index contributed by atoms with van der Waals surface area (Å²) in [7, 11) is 0. The molecule has 0 aliphatic heterocycles. The lowest BCUT2D eigenvalue weighted by atomic mass is 10.3. The first kappa shape index (κ1) is 11.7. The van der Waals surface area contributed by atoms with E-state index in [0.29, 0.717) is 5.95 Å². The van der Waals surface area contributed by atoms with Crippen LogP contribution in [0.5, 0.6) is 0 Å². The van der Waals surface area contributed by atoms with Gasteiger partial charge in [0, 0.05) is 31.5 Å². The van der Waals surface area contributed by atoms with Gasteiger partial charge in [-0.25, -0.2) is 4.98 Å². The van der Waals surface area contributed by atoms with Crippen LogP contribution in [0.3, 0.4) is 0 Å². The summed E-state index contributed by atoms with van der Waals surface area (Å²) in [5, 5.41) is 8.78. The fraction of sp³-hybridized carbons (Fsp3) is 0.600. The van der Waals surface area contributed by atoms with Crippen molar-refractivity contribution in [2.75, 3.05) is 30.3 Å². The van der Waals surface area contributed by atoms with E-state index in [2.05, 4.69) is 14.9 Å². The predicted octanol–water partition coefficient (Wildman–Crippen LogP) is 0.576. The molecule has 3 N–H and O–H groups in total. The van der Waals surface area contributed by atoms with E-state index in [-0.39, 0.29) is 6.61 Å². The van der Waals surface area contributed by atoms with Gasteiger partial charge in [0.15, 0.2) is 0 Å². The molecule has 0 aromatic carbocycles. The molecule has 0 spiro atoms. The van der Waals surface area contributed by atoms with Crippen molar-refractivity contribution in [2.45, 2.75) is 20.3 Å². The van der Waals surface area contributed by atoms with Crippen LogP contribution in [-0.2, 0) is 0 Å². The molecular weight excluding hydrogens is 192 g/mol. The summed E-state index contributed by atoms with van der Waals surface area (Å²) < 4.78 is 0. The third kappa shape index (κ3) is 3.36. The lowest BCUT2D eigenvalue weighted by molar-refractivity contribution is 0.289. The Labute approximate surface area is 90.0 Å². The van der Waals surface area contributed by atoms with E-state index in [0.717, 1.165) is 31.0 Å². The number of nitrogens with two attached hydrogens (primary N) is 1. The van der Waals surface area contributed by atoms with E-state index in [1.165, 1.54) is 0 Å². The molecule has 0 aliphatic rings. The predicted molar refractivity (Wildman–Crippen MR) is 60.8 cm³/mol. The quantitative estimate of drug-likeness (QED) is 0.743. The fourth-order valence-corrected chi connectivity index (χ4v) is 1.43. The van der Waals surface area contributed by atoms with Gasteiger partial charge in [0.2, 0.25) is 5.95 Å². The Morgan fingerprint density at radius 1 is 1.47 bits per heavy atom. The van der Waals surface area contributed by atoms with Crippen LogP contribution in [0.25, 0.3) is 0 Å². The molecule has 0 atom stereocenters. The molecule has 0 aliphatic carbocycles. The molecule has 0 amide bonds. The van der Waals surface area contributed by atoms with Gasteiger partial charge in [-0.05, 0) is 20.3 Å². The molecule has 0 unspecified atom stereocenters. The Kier molecular flexibility index (Phi) is 4.30. The second-order valence-corrected chi connectivity index (χ2v) is 3.38. The minimum absolute atomic E-state index is 0.191. The van der Waals surface area contributed by atoms with Gasteiger partial charge in [0.1, 0.15) is 5.82 Å². The Hall–Kier alpha value is -1.36. The second-order valence-electron chi connectivity index (χ2n) is 3.38. The van der Waals surface area contributed by atoms with Gasteiger partial charge >= 0.3 is 0 Å². The van der Waals surface area contributed by atoms with Gasteiger partial charge in [0.25, 0.3) is 0 Å². The first-order valence-corrected chi connectivity index (χ1v) is 5.14. The molecule has 0 radical (unpaired) electrons. The zero-order valence-electron chi connectivity index (χ0n) is 9.27. The molecule has 5 nitrogen and oxygen atoms in total. The van der Waals surface area contributed by atoms with E-state index >= 15 is 0 Å². The molecule has 15 heavy (non-hydrogen) atoms. The molecule has 0 fully saturated rings. The number of nitrogens with zero attached hydrogens (tertiary/aromatic N) is 3. The van der Waals surface area contributed by atoms with Crippen molar-refractivity contribution in [3.63, 3.8) is 0 Å². The highest BCUT2D eigenvalue weighted by atomic mass is 16.3. The number of nitrogen functional groups attached to an aromatic ring is 1. The molecule has 84 valence electrons. The number of aryl methyl sites for hydroxylation is 1. The van der Waals surface area contributed by atoms with E-state index in [1.807, 2.05) is 19.9 Å². The Balaban J connectivity index is 2.81. The SMILES string of the molecule is CCN(CCCO)c1cc(C)nc(N)n1. The maximum Gasteiger partial charge on any atom is 0.222 e. The van der Waals surface area contributed by atoms with Crippen molar-refractivity contribution < 1.29 is 5.11 Å². The highest BCUT2D eigenvalue weighted by molar-refractivity contribution is 5.42. The standard InChI is InChI=1S/C10H18N4O/c1-3-14(5-4-6-15)9-7-8(2)12-10(11)13-9/h7,15H,3-6H2,1-2H3,(H2,11,12,13). The number of anilines is 2. The van der Waals surface area contributed by atoms with Crippen LogP contribution in [0, 0.1) is 6.92 Å². The number of aliphatic hydroxyl groups is 1. The van der Waals surface area contributed by atoms with E-state index < -0.39 is 0 Å². The van der Waals surface area contributed by atoms with Crippen LogP contribution < -0.4 is 10.6 Å². The third-order valence-corrected chi connectivity index (χ3v) is 2.15. The van der Waals surface area contributed by atoms with Crippen LogP contribution >= 0.6 is 0 Å². The smallest absolute Gasteiger partial charge is 0.222 e. The summed E-state index contributed by atoms with van der Waals surface area (Å²) in [6, 6.07) is 1.90. The monoisotopic (exact) mass is 210 g/mol. The van der Waals surface area contributed by atoms with Gasteiger partial charge in [0.05, 0.1) is 0 Å². The maximum absolute atomic E-state index is 8.78. The topological polar surface area (TPSA) is 75.3 Å². The highest BCUT2D eigenvalue weighted by Crippen LogP contribution is 2.13. The van der Waals surface area contributed by atoms with Crippen LogP contribution in [0.15, 0.2) is 6.07 Å². The Morgan fingerprint density at radius 2 is 2.20 bits per heavy atom. The van der Waals surface area contributed by atoms with Crippen molar-refractivity contribution >= 4 is 11.8 Å². The van der Waals surface area contributed by atoms with Gasteiger partial charge in [-0.2, -0.15) is 4.98 Å². The molecule has 0 saturated heterocycles. The third-order valence-electron chi connectivity index (χ3n) is 2.15. The van der Waals surface area contributed by atoms with Gasteiger partial charge < -0.3 is 15.7 Å². The number of hydrogen-bond donors (Lipinski definition) is 2. The highest BCUT2D eigenvalue weighted by Gasteiger charge is 2.07. The number of aromatic nitrogens is 2. The zero-order chi connectivity index (χ0) is 11.3. The fourth-order valence-electron chi connectivity index (χ4n) is 1.43. The number of aliphatic hydroxyl groups excluding tert-OH is 1. The van der Waals surface area contributed by atoms with Crippen molar-refractivity contribution in [1.29, 1.82) is 0 Å². The second kappa shape index (κ2) is 5.50. The average molecular weight is 210 g/mol. The zero-order valence-corrected chi connectivity index (χ0v) is 9.27. The largest absolute Gasteiger partial charge is 0.396 e. The van der Waals surface area contributed by atoms with Crippen LogP contribution in [0.1, 0.15) is 19.0 Å². The summed E-state index contributed by atoms with van der Waals surface area (Å²) in [5.41, 5.74) is 6.44. The van der Waals surface area contributed by atoms with E-state index in [4.69, 9.17) is 10.8 Å². The summed E-state index contributed by atoms with van der Waals surface area (Å²) in [6.07, 6.45) is 0.733. The molecule has 0 saturated carbocycles.